The van der Waals surface area contributed by atoms with Gasteiger partial charge in [-0.1, -0.05) is 5.92 Å². The molecule has 0 aromatic heterocycles. The predicted molar refractivity (Wildman–Crippen MR) is 45.6 cm³/mol. The van der Waals surface area contributed by atoms with Crippen LogP contribution >= 0.6 is 0 Å². The normalized spacial score (nSPS) is 14.1. The van der Waals surface area contributed by atoms with Crippen LogP contribution in [0, 0.1) is 12.3 Å². The molecule has 0 fully saturated rings. The monoisotopic (exact) mass is 156 g/mol. The lowest BCUT2D eigenvalue weighted by atomic mass is 10.2. The van der Waals surface area contributed by atoms with Crippen LogP contribution in [0.15, 0.2) is 0 Å². The van der Waals surface area contributed by atoms with Crippen molar-refractivity contribution >= 4 is 0 Å². The third kappa shape index (κ3) is 5.86. The third-order valence-electron chi connectivity index (χ3n) is 1.09. The number of hydrazine groups is 1. The molecule has 0 aliphatic rings. The molecule has 64 valence electrons. The first-order valence-corrected chi connectivity index (χ1v) is 3.56. The highest BCUT2D eigenvalue weighted by atomic mass is 16.5. The predicted octanol–water partition coefficient (Wildman–Crippen LogP) is 0.267. The van der Waals surface area contributed by atoms with Crippen LogP contribution in [0.25, 0.3) is 0 Å². The van der Waals surface area contributed by atoms with Crippen LogP contribution in [0.5, 0.6) is 0 Å². The Morgan fingerprint density at radius 1 is 1.64 bits per heavy atom. The van der Waals surface area contributed by atoms with Crippen LogP contribution in [0.2, 0.25) is 0 Å². The lowest BCUT2D eigenvalue weighted by Gasteiger charge is -2.21. The molecule has 11 heavy (non-hydrogen) atoms. The summed E-state index contributed by atoms with van der Waals surface area (Å²) in [5, 5.41) is 0. The maximum absolute atomic E-state index is 5.39. The van der Waals surface area contributed by atoms with Crippen molar-refractivity contribution in [2.75, 3.05) is 6.61 Å². The molecule has 0 amide bonds. The molecule has 3 nitrogen and oxygen atoms in total. The Kier molecular flexibility index (Phi) is 4.12. The quantitative estimate of drug-likeness (QED) is 0.350. The van der Waals surface area contributed by atoms with Crippen molar-refractivity contribution in [2.24, 2.45) is 5.84 Å². The highest BCUT2D eigenvalue weighted by Gasteiger charge is 2.12. The maximum Gasteiger partial charge on any atom is 0.105 e. The second-order valence-electron chi connectivity index (χ2n) is 3.31. The SMILES string of the molecule is C#CC(COC(C)(C)C)NN. The number of rotatable bonds is 3. The molecule has 3 heteroatoms. The van der Waals surface area contributed by atoms with Gasteiger partial charge in [0.25, 0.3) is 0 Å². The van der Waals surface area contributed by atoms with Gasteiger partial charge in [0, 0.05) is 0 Å². The van der Waals surface area contributed by atoms with Crippen LogP contribution in [0.1, 0.15) is 20.8 Å². The zero-order valence-electron chi connectivity index (χ0n) is 7.35. The molecule has 3 N–H and O–H groups in total. The van der Waals surface area contributed by atoms with E-state index in [1.54, 1.807) is 0 Å². The van der Waals surface area contributed by atoms with Crippen LogP contribution in [-0.4, -0.2) is 18.2 Å². The molecule has 0 spiro atoms. The molecule has 0 saturated carbocycles. The van der Waals surface area contributed by atoms with Crippen LogP contribution in [-0.2, 0) is 4.74 Å². The van der Waals surface area contributed by atoms with E-state index in [0.717, 1.165) is 0 Å². The first kappa shape index (κ1) is 10.4. The first-order valence-electron chi connectivity index (χ1n) is 3.56. The molecular weight excluding hydrogens is 140 g/mol. The number of nitrogens with one attached hydrogen (secondary N) is 1. The van der Waals surface area contributed by atoms with Crippen LogP contribution in [0.4, 0.5) is 0 Å². The van der Waals surface area contributed by atoms with E-state index in [-0.39, 0.29) is 11.6 Å². The highest BCUT2D eigenvalue weighted by molar-refractivity contribution is 4.97. The smallest absolute Gasteiger partial charge is 0.105 e. The number of ether oxygens (including phenoxy) is 1. The summed E-state index contributed by atoms with van der Waals surface area (Å²) in [6.07, 6.45) is 5.14. The molecule has 0 aliphatic heterocycles. The van der Waals surface area contributed by atoms with Gasteiger partial charge in [-0.2, -0.15) is 0 Å². The Labute approximate surface area is 68.3 Å². The zero-order valence-corrected chi connectivity index (χ0v) is 7.35. The number of hydrogen-bond donors (Lipinski definition) is 2. The van der Waals surface area contributed by atoms with Gasteiger partial charge in [-0.15, -0.1) is 6.42 Å². The summed E-state index contributed by atoms with van der Waals surface area (Å²) in [5.41, 5.74) is 2.30. The van der Waals surface area contributed by atoms with E-state index in [1.807, 2.05) is 20.8 Å². The molecule has 1 unspecified atom stereocenters. The molecule has 1 atom stereocenters. The van der Waals surface area contributed by atoms with Gasteiger partial charge in [0.1, 0.15) is 6.04 Å². The van der Waals surface area contributed by atoms with E-state index in [2.05, 4.69) is 11.3 Å². The molecule has 0 aliphatic carbocycles. The summed E-state index contributed by atoms with van der Waals surface area (Å²) in [6.45, 7) is 6.35. The van der Waals surface area contributed by atoms with Gasteiger partial charge in [0.05, 0.1) is 12.2 Å². The molecule has 0 heterocycles. The molecule has 0 aromatic rings. The van der Waals surface area contributed by atoms with E-state index in [4.69, 9.17) is 17.0 Å². The molecule has 0 bridgehead atoms. The first-order chi connectivity index (χ1) is 4.99. The fourth-order valence-corrected chi connectivity index (χ4v) is 0.478. The van der Waals surface area contributed by atoms with E-state index in [9.17, 15) is 0 Å². The Hall–Kier alpha value is -0.560. The Morgan fingerprint density at radius 2 is 2.18 bits per heavy atom. The Bertz CT molecular complexity index is 143. The average Bonchev–Trinajstić information content (AvgIpc) is 1.88. The van der Waals surface area contributed by atoms with Crippen molar-refractivity contribution in [1.29, 1.82) is 0 Å². The van der Waals surface area contributed by atoms with Crippen LogP contribution < -0.4 is 11.3 Å². The molecule has 0 saturated heterocycles. The minimum atomic E-state index is -0.200. The molecule has 0 aromatic carbocycles. The van der Waals surface area contributed by atoms with Crippen molar-refractivity contribution in [3.8, 4) is 12.3 Å². The van der Waals surface area contributed by atoms with Gasteiger partial charge in [0.15, 0.2) is 0 Å². The van der Waals surface area contributed by atoms with Crippen molar-refractivity contribution in [3.05, 3.63) is 0 Å². The number of terminal acetylenes is 1. The third-order valence-corrected chi connectivity index (χ3v) is 1.09. The van der Waals surface area contributed by atoms with E-state index < -0.39 is 0 Å². The van der Waals surface area contributed by atoms with Gasteiger partial charge in [-0.25, -0.2) is 5.43 Å². The summed E-state index contributed by atoms with van der Waals surface area (Å²) >= 11 is 0. The minimum Gasteiger partial charge on any atom is -0.373 e. The minimum absolute atomic E-state index is 0.161. The topological polar surface area (TPSA) is 47.3 Å². The van der Waals surface area contributed by atoms with E-state index in [0.29, 0.717) is 6.61 Å². The average molecular weight is 156 g/mol. The van der Waals surface area contributed by atoms with Gasteiger partial charge in [-0.05, 0) is 20.8 Å². The lowest BCUT2D eigenvalue weighted by molar-refractivity contribution is -0.00785. The fourth-order valence-electron chi connectivity index (χ4n) is 0.478. The number of nitrogens with two attached hydrogens (primary N) is 1. The van der Waals surface area contributed by atoms with Crippen molar-refractivity contribution in [1.82, 2.24) is 5.43 Å². The largest absolute Gasteiger partial charge is 0.373 e. The van der Waals surface area contributed by atoms with Crippen molar-refractivity contribution in [3.63, 3.8) is 0 Å². The number of hydrogen-bond acceptors (Lipinski definition) is 3. The summed E-state index contributed by atoms with van der Waals surface area (Å²) in [5.74, 6) is 7.60. The Morgan fingerprint density at radius 3 is 2.45 bits per heavy atom. The van der Waals surface area contributed by atoms with Crippen molar-refractivity contribution < 1.29 is 4.74 Å². The molecular formula is C8H16N2O. The summed E-state index contributed by atoms with van der Waals surface area (Å²) in [6, 6.07) is -0.200. The second-order valence-corrected chi connectivity index (χ2v) is 3.31. The van der Waals surface area contributed by atoms with Crippen molar-refractivity contribution in [2.45, 2.75) is 32.4 Å². The standard InChI is InChI=1S/C8H16N2O/c1-5-7(10-9)6-11-8(2,3)4/h1,7,10H,6,9H2,2-4H3. The van der Waals surface area contributed by atoms with Gasteiger partial charge in [0.2, 0.25) is 0 Å². The summed E-state index contributed by atoms with van der Waals surface area (Å²) < 4.78 is 5.39. The van der Waals surface area contributed by atoms with E-state index >= 15 is 0 Å². The summed E-state index contributed by atoms with van der Waals surface area (Å²) in [4.78, 5) is 0. The Balaban J connectivity index is 3.62. The van der Waals surface area contributed by atoms with Gasteiger partial charge >= 0.3 is 0 Å². The molecule has 0 rings (SSSR count). The second kappa shape index (κ2) is 4.35. The van der Waals surface area contributed by atoms with Gasteiger partial charge in [-0.3, -0.25) is 5.84 Å². The highest BCUT2D eigenvalue weighted by Crippen LogP contribution is 2.06. The molecule has 0 radical (unpaired) electrons. The summed E-state index contributed by atoms with van der Waals surface area (Å²) in [7, 11) is 0. The van der Waals surface area contributed by atoms with E-state index in [1.165, 1.54) is 0 Å². The fraction of sp³-hybridized carbons (Fsp3) is 0.750. The van der Waals surface area contributed by atoms with Gasteiger partial charge < -0.3 is 4.74 Å². The zero-order chi connectivity index (χ0) is 8.91. The van der Waals surface area contributed by atoms with Crippen LogP contribution in [0.3, 0.4) is 0 Å². The maximum atomic E-state index is 5.39. The lowest BCUT2D eigenvalue weighted by Crippen LogP contribution is -2.39.